The fourth-order valence-electron chi connectivity index (χ4n) is 4.10. The van der Waals surface area contributed by atoms with Crippen molar-refractivity contribution in [2.75, 3.05) is 39.3 Å². The summed E-state index contributed by atoms with van der Waals surface area (Å²) < 4.78 is 1.60. The molecular formula is C24H31N7O. The Hall–Kier alpha value is -3.10. The number of hydrogen-bond donors (Lipinski definition) is 1. The van der Waals surface area contributed by atoms with Crippen molar-refractivity contribution >= 4 is 5.91 Å². The molecule has 0 atom stereocenters. The van der Waals surface area contributed by atoms with E-state index in [1.54, 1.807) is 11.0 Å². The van der Waals surface area contributed by atoms with Crippen molar-refractivity contribution in [2.24, 2.45) is 0 Å². The second-order valence-corrected chi connectivity index (χ2v) is 8.32. The maximum Gasteiger partial charge on any atom is 0.251 e. The van der Waals surface area contributed by atoms with Gasteiger partial charge in [-0.15, -0.1) is 5.10 Å². The minimum atomic E-state index is -0.0362. The molecule has 8 nitrogen and oxygen atoms in total. The number of tetrazole rings is 1. The lowest BCUT2D eigenvalue weighted by molar-refractivity contribution is 0.0951. The van der Waals surface area contributed by atoms with Gasteiger partial charge in [-0.25, -0.2) is 4.68 Å². The van der Waals surface area contributed by atoms with E-state index in [2.05, 4.69) is 61.0 Å². The van der Waals surface area contributed by atoms with Crippen LogP contribution in [0.2, 0.25) is 0 Å². The molecule has 2 heterocycles. The van der Waals surface area contributed by atoms with Gasteiger partial charge in [0.1, 0.15) is 6.33 Å². The molecule has 1 saturated heterocycles. The average Bonchev–Trinajstić information content (AvgIpc) is 3.35. The first-order valence-corrected chi connectivity index (χ1v) is 11.3. The summed E-state index contributed by atoms with van der Waals surface area (Å²) in [4.78, 5) is 17.5. The third kappa shape index (κ3) is 5.99. The van der Waals surface area contributed by atoms with Crippen molar-refractivity contribution in [3.8, 4) is 5.69 Å². The van der Waals surface area contributed by atoms with Crippen LogP contribution in [0.1, 0.15) is 34.3 Å². The molecule has 0 unspecified atom stereocenters. The summed E-state index contributed by atoms with van der Waals surface area (Å²) in [7, 11) is 0. The first kappa shape index (κ1) is 22.1. The van der Waals surface area contributed by atoms with Crippen LogP contribution in [0.4, 0.5) is 0 Å². The van der Waals surface area contributed by atoms with Gasteiger partial charge < -0.3 is 10.2 Å². The standard InChI is InChI=1S/C24H31N7O/c1-20-17-22(9-10-23(20)31-19-26-27-28-31)24(32)25-11-5-6-12-29-13-15-30(16-14-29)18-21-7-3-2-4-8-21/h2-4,7-10,17,19H,5-6,11-16,18H2,1H3,(H,25,32). The number of aryl methyl sites for hydroxylation is 1. The van der Waals surface area contributed by atoms with Crippen LogP contribution in [-0.2, 0) is 6.54 Å². The number of aromatic nitrogens is 4. The van der Waals surface area contributed by atoms with E-state index < -0.39 is 0 Å². The highest BCUT2D eigenvalue weighted by Gasteiger charge is 2.16. The van der Waals surface area contributed by atoms with Gasteiger partial charge in [-0.05, 0) is 66.1 Å². The van der Waals surface area contributed by atoms with Gasteiger partial charge >= 0.3 is 0 Å². The molecule has 1 N–H and O–H groups in total. The molecule has 4 rings (SSSR count). The molecule has 0 spiro atoms. The molecule has 0 bridgehead atoms. The Bertz CT molecular complexity index is 983. The number of unbranched alkanes of at least 4 members (excludes halogenated alkanes) is 1. The maximum atomic E-state index is 12.5. The molecule has 0 saturated carbocycles. The highest BCUT2D eigenvalue weighted by molar-refractivity contribution is 5.94. The number of piperazine rings is 1. The smallest absolute Gasteiger partial charge is 0.251 e. The summed E-state index contributed by atoms with van der Waals surface area (Å²) in [5.74, 6) is -0.0362. The molecule has 1 aliphatic heterocycles. The molecule has 168 valence electrons. The number of carbonyl (C=O) groups is 1. The van der Waals surface area contributed by atoms with E-state index in [-0.39, 0.29) is 5.91 Å². The Morgan fingerprint density at radius 3 is 2.50 bits per heavy atom. The van der Waals surface area contributed by atoms with Crippen molar-refractivity contribution in [1.82, 2.24) is 35.3 Å². The lowest BCUT2D eigenvalue weighted by Gasteiger charge is -2.34. The fourth-order valence-corrected chi connectivity index (χ4v) is 4.10. The summed E-state index contributed by atoms with van der Waals surface area (Å²) >= 11 is 0. The zero-order valence-electron chi connectivity index (χ0n) is 18.7. The maximum absolute atomic E-state index is 12.5. The van der Waals surface area contributed by atoms with E-state index in [9.17, 15) is 4.79 Å². The van der Waals surface area contributed by atoms with Crippen LogP contribution >= 0.6 is 0 Å². The average molecular weight is 434 g/mol. The Labute approximate surface area is 189 Å². The summed E-state index contributed by atoms with van der Waals surface area (Å²) in [6, 6.07) is 16.2. The second kappa shape index (κ2) is 11.0. The second-order valence-electron chi connectivity index (χ2n) is 8.32. The predicted octanol–water partition coefficient (Wildman–Crippen LogP) is 2.30. The van der Waals surface area contributed by atoms with Gasteiger partial charge in [0.25, 0.3) is 5.91 Å². The minimum absolute atomic E-state index is 0.0362. The summed E-state index contributed by atoms with van der Waals surface area (Å²) in [5, 5.41) is 14.3. The zero-order chi connectivity index (χ0) is 22.2. The van der Waals surface area contributed by atoms with Crippen molar-refractivity contribution < 1.29 is 4.79 Å². The van der Waals surface area contributed by atoms with E-state index in [1.165, 1.54) is 5.56 Å². The van der Waals surface area contributed by atoms with Crippen molar-refractivity contribution in [1.29, 1.82) is 0 Å². The molecule has 2 aromatic carbocycles. The highest BCUT2D eigenvalue weighted by atomic mass is 16.1. The van der Waals surface area contributed by atoms with Crippen molar-refractivity contribution in [2.45, 2.75) is 26.3 Å². The van der Waals surface area contributed by atoms with Gasteiger partial charge in [-0.3, -0.25) is 9.69 Å². The van der Waals surface area contributed by atoms with E-state index in [1.807, 2.05) is 25.1 Å². The van der Waals surface area contributed by atoms with Crippen LogP contribution < -0.4 is 5.32 Å². The lowest BCUT2D eigenvalue weighted by Crippen LogP contribution is -2.46. The number of rotatable bonds is 9. The van der Waals surface area contributed by atoms with Crippen LogP contribution in [0.25, 0.3) is 5.69 Å². The lowest BCUT2D eigenvalue weighted by atomic mass is 10.1. The molecule has 3 aromatic rings. The third-order valence-corrected chi connectivity index (χ3v) is 5.96. The van der Waals surface area contributed by atoms with Gasteiger partial charge in [0.2, 0.25) is 0 Å². The first-order valence-electron chi connectivity index (χ1n) is 11.3. The van der Waals surface area contributed by atoms with Gasteiger partial charge in [-0.2, -0.15) is 0 Å². The Balaban J connectivity index is 1.12. The van der Waals surface area contributed by atoms with Crippen molar-refractivity contribution in [3.63, 3.8) is 0 Å². The van der Waals surface area contributed by atoms with Crippen LogP contribution in [0, 0.1) is 6.92 Å². The number of nitrogens with one attached hydrogen (secondary N) is 1. The largest absolute Gasteiger partial charge is 0.352 e. The minimum Gasteiger partial charge on any atom is -0.352 e. The molecule has 1 aliphatic rings. The van der Waals surface area contributed by atoms with Gasteiger partial charge in [0.15, 0.2) is 0 Å². The predicted molar refractivity (Wildman–Crippen MR) is 124 cm³/mol. The van der Waals surface area contributed by atoms with Crippen molar-refractivity contribution in [3.05, 3.63) is 71.5 Å². The van der Waals surface area contributed by atoms with Crippen LogP contribution in [0.3, 0.4) is 0 Å². The first-order chi connectivity index (χ1) is 15.7. The summed E-state index contributed by atoms with van der Waals surface area (Å²) in [5.41, 5.74) is 3.87. The molecule has 8 heteroatoms. The SMILES string of the molecule is Cc1cc(C(=O)NCCCCN2CCN(Cc3ccccc3)CC2)ccc1-n1cnnn1. The molecular weight excluding hydrogens is 402 g/mol. The number of carbonyl (C=O) groups excluding carboxylic acids is 1. The molecule has 1 fully saturated rings. The van der Waals surface area contributed by atoms with E-state index in [0.29, 0.717) is 12.1 Å². The molecule has 0 aliphatic carbocycles. The highest BCUT2D eigenvalue weighted by Crippen LogP contribution is 2.14. The Morgan fingerprint density at radius 1 is 1.00 bits per heavy atom. The zero-order valence-corrected chi connectivity index (χ0v) is 18.7. The number of benzene rings is 2. The van der Waals surface area contributed by atoms with Gasteiger partial charge in [0, 0.05) is 44.8 Å². The van der Waals surface area contributed by atoms with E-state index in [0.717, 1.165) is 63.4 Å². The molecule has 0 radical (unpaired) electrons. The fraction of sp³-hybridized carbons (Fsp3) is 0.417. The van der Waals surface area contributed by atoms with Crippen LogP contribution in [0.15, 0.2) is 54.9 Å². The third-order valence-electron chi connectivity index (χ3n) is 5.96. The van der Waals surface area contributed by atoms with Crippen LogP contribution in [-0.4, -0.2) is 75.2 Å². The number of hydrogen-bond acceptors (Lipinski definition) is 6. The quantitative estimate of drug-likeness (QED) is 0.522. The number of nitrogens with zero attached hydrogens (tertiary/aromatic N) is 6. The molecule has 32 heavy (non-hydrogen) atoms. The van der Waals surface area contributed by atoms with E-state index in [4.69, 9.17) is 0 Å². The van der Waals surface area contributed by atoms with Gasteiger partial charge in [0.05, 0.1) is 5.69 Å². The molecule has 1 aromatic heterocycles. The Morgan fingerprint density at radius 2 is 1.78 bits per heavy atom. The number of amides is 1. The summed E-state index contributed by atoms with van der Waals surface area (Å²) in [6.07, 6.45) is 3.62. The normalized spacial score (nSPS) is 15.0. The molecule has 1 amide bonds. The van der Waals surface area contributed by atoms with E-state index >= 15 is 0 Å². The topological polar surface area (TPSA) is 79.2 Å². The Kier molecular flexibility index (Phi) is 7.58. The monoisotopic (exact) mass is 433 g/mol. The van der Waals surface area contributed by atoms with Crippen LogP contribution in [0.5, 0.6) is 0 Å². The summed E-state index contributed by atoms with van der Waals surface area (Å²) in [6.45, 7) is 9.25. The van der Waals surface area contributed by atoms with Gasteiger partial charge in [-0.1, -0.05) is 30.3 Å².